The molecule has 3 fully saturated rings. The summed E-state index contributed by atoms with van der Waals surface area (Å²) in [6.07, 6.45) is 7.12. The fraction of sp³-hybridized carbons (Fsp3) is 0.789. The summed E-state index contributed by atoms with van der Waals surface area (Å²) in [6.45, 7) is 5.85. The van der Waals surface area contributed by atoms with Crippen molar-refractivity contribution in [3.8, 4) is 0 Å². The standard InChI is InChI=1S/C19H28N2O5/c1-4-18(5-2)14-13(24-19(25-14)9-7-6-8-10-19)16(26-18)21-11-12(3)15(22)20-17(21)23/h11,13-14,16H,4-10H2,1-3H3,(H,20,22,23)/t13-,14?,16+/m0/s1. The number of hydrogen-bond acceptors (Lipinski definition) is 5. The average Bonchev–Trinajstić information content (AvgIpc) is 3.13. The van der Waals surface area contributed by atoms with Gasteiger partial charge in [-0.05, 0) is 32.6 Å². The van der Waals surface area contributed by atoms with Crippen molar-refractivity contribution in [1.82, 2.24) is 9.55 Å². The molecule has 2 saturated heterocycles. The Kier molecular flexibility index (Phi) is 4.36. The third kappa shape index (κ3) is 2.60. The van der Waals surface area contributed by atoms with Crippen molar-refractivity contribution in [2.24, 2.45) is 0 Å². The van der Waals surface area contributed by atoms with E-state index in [2.05, 4.69) is 18.8 Å². The predicted octanol–water partition coefficient (Wildman–Crippen LogP) is 2.38. The summed E-state index contributed by atoms with van der Waals surface area (Å²) in [5, 5.41) is 0. The number of rotatable bonds is 3. The molecule has 3 aliphatic rings. The van der Waals surface area contributed by atoms with E-state index in [-0.39, 0.29) is 17.8 Å². The molecule has 1 aromatic rings. The van der Waals surface area contributed by atoms with Crippen molar-refractivity contribution in [3.63, 3.8) is 0 Å². The molecular formula is C19H28N2O5. The molecule has 0 aromatic carbocycles. The van der Waals surface area contributed by atoms with Crippen molar-refractivity contribution >= 4 is 0 Å². The number of H-pyrrole nitrogens is 1. The lowest BCUT2D eigenvalue weighted by molar-refractivity contribution is -0.249. The minimum atomic E-state index is -0.593. The zero-order valence-corrected chi connectivity index (χ0v) is 15.7. The van der Waals surface area contributed by atoms with Gasteiger partial charge in [0.1, 0.15) is 12.2 Å². The Morgan fingerprint density at radius 2 is 1.81 bits per heavy atom. The van der Waals surface area contributed by atoms with Crippen LogP contribution in [-0.2, 0) is 14.2 Å². The quantitative estimate of drug-likeness (QED) is 0.890. The molecule has 0 amide bonds. The number of hydrogen-bond donors (Lipinski definition) is 1. The molecule has 0 bridgehead atoms. The van der Waals surface area contributed by atoms with Crippen LogP contribution in [0.3, 0.4) is 0 Å². The normalized spacial score (nSPS) is 32.0. The molecule has 1 aliphatic carbocycles. The van der Waals surface area contributed by atoms with E-state index in [0.29, 0.717) is 5.56 Å². The molecule has 144 valence electrons. The van der Waals surface area contributed by atoms with Crippen LogP contribution < -0.4 is 11.2 Å². The highest BCUT2D eigenvalue weighted by atomic mass is 16.8. The third-order valence-electron chi connectivity index (χ3n) is 6.38. The Bertz CT molecular complexity index is 788. The maximum Gasteiger partial charge on any atom is 0.330 e. The van der Waals surface area contributed by atoms with E-state index in [1.807, 2.05) is 0 Å². The highest BCUT2D eigenvalue weighted by molar-refractivity contribution is 5.09. The summed E-state index contributed by atoms with van der Waals surface area (Å²) in [4.78, 5) is 26.6. The third-order valence-corrected chi connectivity index (χ3v) is 6.38. The topological polar surface area (TPSA) is 82.6 Å². The smallest absolute Gasteiger partial charge is 0.330 e. The first-order valence-electron chi connectivity index (χ1n) is 9.79. The van der Waals surface area contributed by atoms with Gasteiger partial charge in [-0.3, -0.25) is 14.3 Å². The van der Waals surface area contributed by atoms with E-state index in [0.717, 1.165) is 38.5 Å². The van der Waals surface area contributed by atoms with Crippen molar-refractivity contribution in [1.29, 1.82) is 0 Å². The number of aromatic nitrogens is 2. The first-order valence-corrected chi connectivity index (χ1v) is 9.79. The second kappa shape index (κ2) is 6.32. The molecule has 7 heteroatoms. The maximum atomic E-state index is 12.5. The van der Waals surface area contributed by atoms with E-state index in [4.69, 9.17) is 14.2 Å². The summed E-state index contributed by atoms with van der Waals surface area (Å²) in [5.41, 5.74) is -0.854. The van der Waals surface area contributed by atoms with Crippen LogP contribution in [0.5, 0.6) is 0 Å². The van der Waals surface area contributed by atoms with Gasteiger partial charge in [-0.25, -0.2) is 4.79 Å². The number of nitrogens with zero attached hydrogens (tertiary/aromatic N) is 1. The Hall–Kier alpha value is -1.44. The van der Waals surface area contributed by atoms with Crippen LogP contribution in [0.1, 0.15) is 70.6 Å². The van der Waals surface area contributed by atoms with Gasteiger partial charge in [0.05, 0.1) is 5.60 Å². The van der Waals surface area contributed by atoms with Crippen LogP contribution in [0.2, 0.25) is 0 Å². The molecule has 1 saturated carbocycles. The minimum absolute atomic E-state index is 0.209. The molecule has 1 unspecified atom stereocenters. The Morgan fingerprint density at radius 3 is 2.46 bits per heavy atom. The zero-order chi connectivity index (χ0) is 18.5. The van der Waals surface area contributed by atoms with Gasteiger partial charge < -0.3 is 14.2 Å². The van der Waals surface area contributed by atoms with Crippen LogP contribution in [0.25, 0.3) is 0 Å². The Labute approximate surface area is 152 Å². The molecule has 7 nitrogen and oxygen atoms in total. The fourth-order valence-corrected chi connectivity index (χ4v) is 4.76. The second-order valence-electron chi connectivity index (χ2n) is 7.85. The molecular weight excluding hydrogens is 336 g/mol. The molecule has 3 heterocycles. The Balaban J connectivity index is 1.76. The molecule has 4 rings (SSSR count). The number of fused-ring (bicyclic) bond motifs is 1. The average molecular weight is 364 g/mol. The number of aryl methyl sites for hydroxylation is 1. The van der Waals surface area contributed by atoms with Crippen LogP contribution in [0, 0.1) is 6.92 Å². The number of ether oxygens (including phenoxy) is 3. The van der Waals surface area contributed by atoms with Gasteiger partial charge in [0.25, 0.3) is 5.56 Å². The van der Waals surface area contributed by atoms with Gasteiger partial charge in [0.2, 0.25) is 0 Å². The number of nitrogens with one attached hydrogen (secondary N) is 1. The van der Waals surface area contributed by atoms with Crippen molar-refractivity contribution in [2.45, 2.75) is 95.5 Å². The number of aromatic amines is 1. The van der Waals surface area contributed by atoms with Gasteiger partial charge in [0, 0.05) is 24.6 Å². The first-order chi connectivity index (χ1) is 12.4. The van der Waals surface area contributed by atoms with Crippen molar-refractivity contribution in [3.05, 3.63) is 32.6 Å². The van der Waals surface area contributed by atoms with E-state index in [9.17, 15) is 9.59 Å². The lowest BCUT2D eigenvalue weighted by atomic mass is 9.89. The summed E-state index contributed by atoms with van der Waals surface area (Å²) in [7, 11) is 0. The van der Waals surface area contributed by atoms with E-state index in [1.165, 1.54) is 11.0 Å². The lowest BCUT2D eigenvalue weighted by Crippen LogP contribution is -2.43. The lowest BCUT2D eigenvalue weighted by Gasteiger charge is -2.37. The maximum absolute atomic E-state index is 12.5. The van der Waals surface area contributed by atoms with Gasteiger partial charge in [-0.1, -0.05) is 20.3 Å². The van der Waals surface area contributed by atoms with Crippen LogP contribution in [0.4, 0.5) is 0 Å². The van der Waals surface area contributed by atoms with Crippen LogP contribution in [-0.4, -0.2) is 33.1 Å². The zero-order valence-electron chi connectivity index (χ0n) is 15.7. The molecule has 1 spiro atoms. The highest BCUT2D eigenvalue weighted by Gasteiger charge is 2.64. The van der Waals surface area contributed by atoms with Gasteiger partial charge in [-0.2, -0.15) is 0 Å². The fourth-order valence-electron chi connectivity index (χ4n) is 4.76. The molecule has 1 N–H and O–H groups in total. The highest BCUT2D eigenvalue weighted by Crippen LogP contribution is 2.53. The Morgan fingerprint density at radius 1 is 1.12 bits per heavy atom. The summed E-state index contributed by atoms with van der Waals surface area (Å²) in [5.74, 6) is -0.550. The molecule has 3 atom stereocenters. The summed E-state index contributed by atoms with van der Waals surface area (Å²) < 4.78 is 20.9. The first kappa shape index (κ1) is 17.9. The SMILES string of the molecule is CCC1(CC)O[C@@H](n2cc(C)c(=O)[nH]c2=O)[C@H]2OC3(CCCCC3)OC21. The van der Waals surface area contributed by atoms with Crippen LogP contribution >= 0.6 is 0 Å². The van der Waals surface area contributed by atoms with Crippen LogP contribution in [0.15, 0.2) is 15.8 Å². The summed E-state index contributed by atoms with van der Waals surface area (Å²) in [6, 6.07) is 0. The van der Waals surface area contributed by atoms with E-state index >= 15 is 0 Å². The van der Waals surface area contributed by atoms with Gasteiger partial charge in [-0.15, -0.1) is 0 Å². The predicted molar refractivity (Wildman–Crippen MR) is 95.1 cm³/mol. The minimum Gasteiger partial charge on any atom is -0.346 e. The van der Waals surface area contributed by atoms with Gasteiger partial charge in [0.15, 0.2) is 12.0 Å². The van der Waals surface area contributed by atoms with Gasteiger partial charge >= 0.3 is 5.69 Å². The molecule has 2 aliphatic heterocycles. The largest absolute Gasteiger partial charge is 0.346 e. The van der Waals surface area contributed by atoms with E-state index < -0.39 is 23.3 Å². The van der Waals surface area contributed by atoms with E-state index in [1.54, 1.807) is 13.1 Å². The monoisotopic (exact) mass is 364 g/mol. The van der Waals surface area contributed by atoms with Crippen molar-refractivity contribution in [2.75, 3.05) is 0 Å². The molecule has 26 heavy (non-hydrogen) atoms. The molecule has 1 aromatic heterocycles. The van der Waals surface area contributed by atoms with Crippen molar-refractivity contribution < 1.29 is 14.2 Å². The molecule has 0 radical (unpaired) electrons. The summed E-state index contributed by atoms with van der Waals surface area (Å²) >= 11 is 0. The second-order valence-corrected chi connectivity index (χ2v) is 7.85.